The molecule has 0 radical (unpaired) electrons. The molecule has 0 aromatic rings. The average molecular weight is 889 g/mol. The van der Waals surface area contributed by atoms with Crippen molar-refractivity contribution in [2.24, 2.45) is 16.7 Å². The molecule has 5 rings (SSSR count). The molecule has 0 aliphatic carbocycles. The first-order chi connectivity index (χ1) is 29.5. The summed E-state index contributed by atoms with van der Waals surface area (Å²) in [5.41, 5.74) is -2.08. The predicted molar refractivity (Wildman–Crippen MR) is 221 cm³/mol. The van der Waals surface area contributed by atoms with E-state index in [2.05, 4.69) is 0 Å². The highest BCUT2D eigenvalue weighted by atomic mass is 16.8. The molecule has 7 bridgehead atoms. The number of allylic oxidation sites excluding steroid dienone is 3. The molecule has 3 fully saturated rings. The average Bonchev–Trinajstić information content (AvgIpc) is 3.18. The van der Waals surface area contributed by atoms with Crippen LogP contribution in [0.5, 0.6) is 0 Å². The van der Waals surface area contributed by atoms with Crippen LogP contribution in [0.15, 0.2) is 59.9 Å². The molecule has 0 aromatic carbocycles. The molecule has 5 aliphatic rings. The van der Waals surface area contributed by atoms with Crippen LogP contribution >= 0.6 is 0 Å². The molecule has 0 amide bonds. The van der Waals surface area contributed by atoms with Gasteiger partial charge < -0.3 is 58.3 Å². The number of rotatable bonds is 8. The number of esters is 5. The van der Waals surface area contributed by atoms with Crippen LogP contribution in [0, 0.1) is 16.7 Å². The molecule has 5 unspecified atom stereocenters. The standard InChI is InChI=1S/C46H64O17/c1-9-10-11-12-13-14-37(50)60-41-34-22-32-23-35(26(2)47)59-39(52)21-29(49)20-31-24-36(57-27(3)48)44(6,7)45(55,61-31)25-33-18-28(19-38(51)56-8)17-30(58-33)15-16-43(4,5)46(41,62-32)63-42(54)40(34)53/h11-16,19,22,26,29-31,33-36,40-41,47,49,53,55H,9-10,17-18,20-21,23-25H2,1-8H3/b12-11-,14-13+,16-15+,28-19+/t26-,29+,30?,31-,33+,34?,35+,36+,40?,41?,45+,46?/m1/s1. The molecule has 17 nitrogen and oxygen atoms in total. The van der Waals surface area contributed by atoms with Crippen LogP contribution in [0.1, 0.15) is 106 Å². The number of unbranched alkanes of at least 4 members (excludes halogenated alkanes) is 1. The SMILES string of the molecule is CCC/C=C\C=C\C(=O)OC1C2C=C3C[C@@H]([C@@H](C)O)OC(=O)C[C@@H](O)C[C@@H]4C[C@H](OC(C)=O)C(C)(C)[C@](O)(C[C@@H]5C/C(=C/C(=O)OC)CC(/C=C/C(C)(C)C1(OC(=O)C2O)O3)O5)O4. The summed E-state index contributed by atoms with van der Waals surface area (Å²) in [7, 11) is 1.24. The van der Waals surface area contributed by atoms with Crippen molar-refractivity contribution >= 4 is 29.8 Å². The Morgan fingerprint density at radius 2 is 1.70 bits per heavy atom. The lowest BCUT2D eigenvalue weighted by molar-refractivity contribution is -0.348. The number of cyclic esters (lactones) is 1. The normalized spacial score (nSPS) is 37.4. The minimum absolute atomic E-state index is 0.0401. The highest BCUT2D eigenvalue weighted by Gasteiger charge is 2.67. The molecule has 5 heterocycles. The summed E-state index contributed by atoms with van der Waals surface area (Å²) < 4.78 is 47.9. The predicted octanol–water partition coefficient (Wildman–Crippen LogP) is 3.85. The number of carbonyl (C=O) groups excluding carboxylic acids is 5. The molecule has 63 heavy (non-hydrogen) atoms. The molecule has 12 atom stereocenters. The Balaban J connectivity index is 1.63. The molecule has 3 saturated heterocycles. The van der Waals surface area contributed by atoms with E-state index in [0.29, 0.717) is 5.57 Å². The number of hydrogen-bond donors (Lipinski definition) is 4. The summed E-state index contributed by atoms with van der Waals surface area (Å²) >= 11 is 0. The molecule has 17 heteroatoms. The Morgan fingerprint density at radius 3 is 2.37 bits per heavy atom. The van der Waals surface area contributed by atoms with E-state index < -0.39 is 120 Å². The lowest BCUT2D eigenvalue weighted by Crippen LogP contribution is -2.69. The molecule has 0 aromatic heterocycles. The van der Waals surface area contributed by atoms with Gasteiger partial charge in [-0.15, -0.1) is 0 Å². The summed E-state index contributed by atoms with van der Waals surface area (Å²) in [5, 5.41) is 45.9. The van der Waals surface area contributed by atoms with Crippen molar-refractivity contribution in [3.05, 3.63) is 59.9 Å². The summed E-state index contributed by atoms with van der Waals surface area (Å²) in [6, 6.07) is 0. The van der Waals surface area contributed by atoms with Gasteiger partial charge in [0, 0.05) is 44.8 Å². The van der Waals surface area contributed by atoms with E-state index in [0.717, 1.165) is 12.8 Å². The molecule has 350 valence electrons. The van der Waals surface area contributed by atoms with E-state index in [1.165, 1.54) is 45.3 Å². The fraction of sp³-hybridized carbons (Fsp3) is 0.674. The van der Waals surface area contributed by atoms with E-state index >= 15 is 0 Å². The van der Waals surface area contributed by atoms with Crippen LogP contribution in [-0.4, -0.2) is 124 Å². The second kappa shape index (κ2) is 20.2. The number of fused-ring (bicyclic) bond motifs is 6. The van der Waals surface area contributed by atoms with Crippen LogP contribution in [0.4, 0.5) is 0 Å². The van der Waals surface area contributed by atoms with Gasteiger partial charge in [-0.05, 0) is 46.1 Å². The highest BCUT2D eigenvalue weighted by molar-refractivity contribution is 5.83. The van der Waals surface area contributed by atoms with Crippen LogP contribution in [-0.2, 0) is 61.9 Å². The zero-order valence-electron chi connectivity index (χ0n) is 37.4. The Kier molecular flexibility index (Phi) is 15.9. The molecule has 4 N–H and O–H groups in total. The molecular formula is C46H64O17. The fourth-order valence-corrected chi connectivity index (χ4v) is 8.82. The van der Waals surface area contributed by atoms with Gasteiger partial charge in [0.2, 0.25) is 0 Å². The second-order valence-corrected chi connectivity index (χ2v) is 18.2. The minimum Gasteiger partial charge on any atom is -0.466 e. The smallest absolute Gasteiger partial charge is 0.339 e. The van der Waals surface area contributed by atoms with E-state index in [1.54, 1.807) is 45.9 Å². The van der Waals surface area contributed by atoms with Crippen molar-refractivity contribution in [1.29, 1.82) is 0 Å². The van der Waals surface area contributed by atoms with Crippen molar-refractivity contribution in [3.8, 4) is 0 Å². The van der Waals surface area contributed by atoms with Gasteiger partial charge in [0.25, 0.3) is 5.79 Å². The molecule has 5 aliphatic heterocycles. The second-order valence-electron chi connectivity index (χ2n) is 18.2. The lowest BCUT2D eigenvalue weighted by Gasteiger charge is -2.55. The maximum Gasteiger partial charge on any atom is 0.339 e. The lowest BCUT2D eigenvalue weighted by atomic mass is 9.70. The fourth-order valence-electron chi connectivity index (χ4n) is 8.82. The number of methoxy groups -OCH3 is 1. The maximum absolute atomic E-state index is 13.5. The van der Waals surface area contributed by atoms with E-state index in [9.17, 15) is 44.4 Å². The zero-order valence-corrected chi connectivity index (χ0v) is 37.4. The van der Waals surface area contributed by atoms with Crippen LogP contribution in [0.2, 0.25) is 0 Å². The van der Waals surface area contributed by atoms with Crippen molar-refractivity contribution in [2.75, 3.05) is 7.11 Å². The van der Waals surface area contributed by atoms with Crippen molar-refractivity contribution in [3.63, 3.8) is 0 Å². The Labute approximate surface area is 368 Å². The van der Waals surface area contributed by atoms with Crippen LogP contribution < -0.4 is 0 Å². The first kappa shape index (κ1) is 49.6. The van der Waals surface area contributed by atoms with Gasteiger partial charge in [0.05, 0.1) is 60.8 Å². The maximum atomic E-state index is 13.5. The van der Waals surface area contributed by atoms with Gasteiger partial charge in [-0.3, -0.25) is 9.59 Å². The van der Waals surface area contributed by atoms with Crippen molar-refractivity contribution < 1.29 is 82.3 Å². The summed E-state index contributed by atoms with van der Waals surface area (Å²) in [5.74, 6) is -9.42. The van der Waals surface area contributed by atoms with Crippen LogP contribution in [0.3, 0.4) is 0 Å². The van der Waals surface area contributed by atoms with E-state index in [4.69, 9.17) is 37.9 Å². The minimum atomic E-state index is -2.17. The summed E-state index contributed by atoms with van der Waals surface area (Å²) in [6.07, 6.45) is 2.49. The van der Waals surface area contributed by atoms with E-state index in [1.807, 2.05) is 13.0 Å². The Hall–Kier alpha value is -4.39. The largest absolute Gasteiger partial charge is 0.466 e. The molecule has 1 spiro atoms. The van der Waals surface area contributed by atoms with Crippen molar-refractivity contribution in [1.82, 2.24) is 0 Å². The van der Waals surface area contributed by atoms with Crippen LogP contribution in [0.25, 0.3) is 0 Å². The number of aliphatic hydroxyl groups excluding tert-OH is 3. The molecular weight excluding hydrogens is 824 g/mol. The highest BCUT2D eigenvalue weighted by Crippen LogP contribution is 2.53. The third kappa shape index (κ3) is 11.5. The topological polar surface area (TPSA) is 240 Å². The first-order valence-corrected chi connectivity index (χ1v) is 21.6. The number of hydrogen-bond acceptors (Lipinski definition) is 17. The first-order valence-electron chi connectivity index (χ1n) is 21.6. The van der Waals surface area contributed by atoms with Crippen molar-refractivity contribution in [2.45, 2.75) is 173 Å². The van der Waals surface area contributed by atoms with Gasteiger partial charge in [-0.25, -0.2) is 14.4 Å². The summed E-state index contributed by atoms with van der Waals surface area (Å²) in [6.45, 7) is 11.3. The Bertz CT molecular complexity index is 1860. The third-order valence-corrected chi connectivity index (χ3v) is 12.5. The van der Waals surface area contributed by atoms with Gasteiger partial charge in [-0.2, -0.15) is 0 Å². The summed E-state index contributed by atoms with van der Waals surface area (Å²) in [4.78, 5) is 65.2. The monoisotopic (exact) mass is 888 g/mol. The molecule has 0 saturated carbocycles. The quantitative estimate of drug-likeness (QED) is 0.0890. The Morgan fingerprint density at radius 1 is 0.968 bits per heavy atom. The zero-order chi connectivity index (χ0) is 46.5. The van der Waals surface area contributed by atoms with Gasteiger partial charge in [0.15, 0.2) is 18.0 Å². The number of carbonyl (C=O) groups is 5. The van der Waals surface area contributed by atoms with Gasteiger partial charge in [-0.1, -0.05) is 63.1 Å². The van der Waals surface area contributed by atoms with E-state index in [-0.39, 0.29) is 44.3 Å². The number of aliphatic hydroxyl groups is 4. The third-order valence-electron chi connectivity index (χ3n) is 12.5. The van der Waals surface area contributed by atoms with Gasteiger partial charge in [0.1, 0.15) is 18.0 Å². The van der Waals surface area contributed by atoms with Gasteiger partial charge >= 0.3 is 29.8 Å². The number of ether oxygens (including phenoxy) is 8.